The van der Waals surface area contributed by atoms with Crippen molar-refractivity contribution >= 4 is 23.8 Å². The summed E-state index contributed by atoms with van der Waals surface area (Å²) in [6.07, 6.45) is 0. The van der Waals surface area contributed by atoms with Gasteiger partial charge in [0.1, 0.15) is 0 Å². The van der Waals surface area contributed by atoms with Crippen LogP contribution in [0.2, 0.25) is 5.02 Å². The summed E-state index contributed by atoms with van der Waals surface area (Å²) in [6.45, 7) is 10.8. The first-order valence-corrected chi connectivity index (χ1v) is 9.17. The predicted octanol–water partition coefficient (Wildman–Crippen LogP) is 3.49. The third-order valence-corrected chi connectivity index (χ3v) is 4.79. The molecular weight excluding hydrogens is 342 g/mol. The first kappa shape index (κ1) is 17.6. The largest absolute Gasteiger partial charge is 0.301 e. The fourth-order valence-corrected chi connectivity index (χ4v) is 3.34. The molecule has 0 aliphatic carbocycles. The van der Waals surface area contributed by atoms with Gasteiger partial charge in [0.15, 0.2) is 5.82 Å². The fraction of sp³-hybridized carbons (Fsp3) is 0.529. The number of H-pyrrole nitrogens is 1. The van der Waals surface area contributed by atoms with Gasteiger partial charge in [-0.05, 0) is 42.4 Å². The molecular formula is C17H24ClN5S. The molecule has 130 valence electrons. The fourth-order valence-electron chi connectivity index (χ4n) is 3.02. The maximum absolute atomic E-state index is 5.94. The highest BCUT2D eigenvalue weighted by Crippen LogP contribution is 2.18. The highest BCUT2D eigenvalue weighted by molar-refractivity contribution is 7.71. The minimum absolute atomic E-state index is 0.588. The van der Waals surface area contributed by atoms with Gasteiger partial charge in [-0.25, -0.2) is 4.68 Å². The van der Waals surface area contributed by atoms with E-state index in [1.54, 1.807) is 0 Å². The molecule has 1 N–H and O–H groups in total. The second-order valence-corrected chi connectivity index (χ2v) is 7.55. The van der Waals surface area contributed by atoms with Gasteiger partial charge >= 0.3 is 0 Å². The van der Waals surface area contributed by atoms with E-state index in [0.717, 1.165) is 55.2 Å². The maximum atomic E-state index is 5.94. The molecule has 5 nitrogen and oxygen atoms in total. The molecule has 1 aliphatic rings. The van der Waals surface area contributed by atoms with Gasteiger partial charge in [-0.3, -0.25) is 10.00 Å². The molecule has 0 unspecified atom stereocenters. The zero-order valence-corrected chi connectivity index (χ0v) is 15.8. The molecule has 3 rings (SSSR count). The van der Waals surface area contributed by atoms with Crippen molar-refractivity contribution in [1.29, 1.82) is 0 Å². The van der Waals surface area contributed by atoms with Gasteiger partial charge in [0, 0.05) is 43.3 Å². The van der Waals surface area contributed by atoms with Crippen LogP contribution in [0.3, 0.4) is 0 Å². The highest BCUT2D eigenvalue weighted by Gasteiger charge is 2.18. The third kappa shape index (κ3) is 4.45. The predicted molar refractivity (Wildman–Crippen MR) is 101 cm³/mol. The number of rotatable bonds is 5. The summed E-state index contributed by atoms with van der Waals surface area (Å²) in [5.74, 6) is 1.51. The van der Waals surface area contributed by atoms with Crippen molar-refractivity contribution in [2.75, 3.05) is 32.7 Å². The molecule has 2 heterocycles. The van der Waals surface area contributed by atoms with Crippen molar-refractivity contribution in [3.63, 3.8) is 0 Å². The van der Waals surface area contributed by atoms with Gasteiger partial charge in [-0.15, -0.1) is 0 Å². The van der Waals surface area contributed by atoms with Gasteiger partial charge in [0.2, 0.25) is 4.77 Å². The van der Waals surface area contributed by atoms with Crippen LogP contribution < -0.4 is 0 Å². The zero-order chi connectivity index (χ0) is 17.1. The molecule has 1 aromatic heterocycles. The van der Waals surface area contributed by atoms with Crippen LogP contribution in [0.1, 0.15) is 13.8 Å². The summed E-state index contributed by atoms with van der Waals surface area (Å²) < 4.78 is 2.53. The van der Waals surface area contributed by atoms with E-state index in [2.05, 4.69) is 33.7 Å². The van der Waals surface area contributed by atoms with Gasteiger partial charge < -0.3 is 4.90 Å². The Morgan fingerprint density at radius 3 is 2.38 bits per heavy atom. The molecule has 7 heteroatoms. The molecule has 0 radical (unpaired) electrons. The van der Waals surface area contributed by atoms with E-state index < -0.39 is 0 Å². The van der Waals surface area contributed by atoms with Crippen LogP contribution in [-0.2, 0) is 6.67 Å². The number of piperazine rings is 1. The van der Waals surface area contributed by atoms with Gasteiger partial charge in [0.05, 0.1) is 6.67 Å². The maximum Gasteiger partial charge on any atom is 0.217 e. The monoisotopic (exact) mass is 365 g/mol. The van der Waals surface area contributed by atoms with Crippen LogP contribution in [0, 0.1) is 10.7 Å². The van der Waals surface area contributed by atoms with Crippen molar-refractivity contribution in [3.05, 3.63) is 34.1 Å². The minimum atomic E-state index is 0.588. The van der Waals surface area contributed by atoms with Crippen LogP contribution in [0.25, 0.3) is 11.4 Å². The quantitative estimate of drug-likeness (QED) is 0.823. The zero-order valence-electron chi connectivity index (χ0n) is 14.2. The van der Waals surface area contributed by atoms with Crippen molar-refractivity contribution in [2.45, 2.75) is 20.5 Å². The summed E-state index contributed by atoms with van der Waals surface area (Å²) in [7, 11) is 0. The summed E-state index contributed by atoms with van der Waals surface area (Å²) >= 11 is 11.3. The first-order chi connectivity index (χ1) is 11.5. The van der Waals surface area contributed by atoms with Gasteiger partial charge in [-0.2, -0.15) is 4.98 Å². The van der Waals surface area contributed by atoms with Crippen molar-refractivity contribution in [3.8, 4) is 11.4 Å². The van der Waals surface area contributed by atoms with Crippen molar-refractivity contribution in [1.82, 2.24) is 24.6 Å². The second kappa shape index (κ2) is 7.78. The standard InChI is InChI=1S/C17H24ClN5S/c1-13(2)11-21-7-9-22(10-8-21)12-23-17(24)19-16(20-23)14-3-5-15(18)6-4-14/h3-6,13H,7-12H2,1-2H3,(H,19,20,24). The van der Waals surface area contributed by atoms with Crippen molar-refractivity contribution < 1.29 is 0 Å². The van der Waals surface area contributed by atoms with Crippen LogP contribution in [0.5, 0.6) is 0 Å². The molecule has 1 fully saturated rings. The van der Waals surface area contributed by atoms with Crippen LogP contribution in [0.15, 0.2) is 24.3 Å². The Balaban J connectivity index is 1.62. The van der Waals surface area contributed by atoms with E-state index >= 15 is 0 Å². The SMILES string of the molecule is CC(C)CN1CCN(Cn2[nH]c(-c3ccc(Cl)cc3)nc2=S)CC1. The van der Waals surface area contributed by atoms with Gasteiger partial charge in [-0.1, -0.05) is 25.4 Å². The summed E-state index contributed by atoms with van der Waals surface area (Å²) in [4.78, 5) is 9.42. The lowest BCUT2D eigenvalue weighted by molar-refractivity contribution is 0.0952. The number of nitrogens with zero attached hydrogens (tertiary/aromatic N) is 4. The van der Waals surface area contributed by atoms with Crippen molar-refractivity contribution in [2.24, 2.45) is 5.92 Å². The Morgan fingerprint density at radius 2 is 1.75 bits per heavy atom. The number of hydrogen-bond acceptors (Lipinski definition) is 4. The third-order valence-electron chi connectivity index (χ3n) is 4.23. The average molecular weight is 366 g/mol. The molecule has 1 saturated heterocycles. The molecule has 2 aromatic rings. The number of nitrogens with one attached hydrogen (secondary N) is 1. The van der Waals surface area contributed by atoms with Crippen LogP contribution in [0.4, 0.5) is 0 Å². The molecule has 0 saturated carbocycles. The Kier molecular flexibility index (Phi) is 5.71. The molecule has 0 bridgehead atoms. The topological polar surface area (TPSA) is 40.1 Å². The number of hydrogen-bond donors (Lipinski definition) is 1. The highest BCUT2D eigenvalue weighted by atomic mass is 35.5. The summed E-state index contributed by atoms with van der Waals surface area (Å²) in [5, 5.41) is 4.03. The van der Waals surface area contributed by atoms with E-state index in [4.69, 9.17) is 23.8 Å². The van der Waals surface area contributed by atoms with Crippen LogP contribution >= 0.6 is 23.8 Å². The van der Waals surface area contributed by atoms with E-state index in [-0.39, 0.29) is 0 Å². The number of aromatic amines is 1. The van der Waals surface area contributed by atoms with E-state index in [1.165, 1.54) is 6.54 Å². The molecule has 1 aromatic carbocycles. The number of aromatic nitrogens is 3. The van der Waals surface area contributed by atoms with Crippen LogP contribution in [-0.4, -0.2) is 57.3 Å². The Bertz CT molecular complexity index is 713. The summed E-state index contributed by atoms with van der Waals surface area (Å²) in [6, 6.07) is 7.62. The summed E-state index contributed by atoms with van der Waals surface area (Å²) in [5.41, 5.74) is 0.992. The van der Waals surface area contributed by atoms with E-state index in [0.29, 0.717) is 4.77 Å². The molecule has 0 atom stereocenters. The first-order valence-electron chi connectivity index (χ1n) is 8.39. The normalized spacial score (nSPS) is 16.8. The number of halogens is 1. The lowest BCUT2D eigenvalue weighted by Crippen LogP contribution is -2.47. The minimum Gasteiger partial charge on any atom is -0.301 e. The Morgan fingerprint density at radius 1 is 1.12 bits per heavy atom. The molecule has 0 amide bonds. The Hall–Kier alpha value is -1.21. The van der Waals surface area contributed by atoms with Gasteiger partial charge in [0.25, 0.3) is 0 Å². The second-order valence-electron chi connectivity index (χ2n) is 6.74. The molecule has 24 heavy (non-hydrogen) atoms. The lowest BCUT2D eigenvalue weighted by Gasteiger charge is -2.35. The lowest BCUT2D eigenvalue weighted by atomic mass is 10.2. The van der Waals surface area contributed by atoms with E-state index in [9.17, 15) is 0 Å². The average Bonchev–Trinajstić information content (AvgIpc) is 2.90. The smallest absolute Gasteiger partial charge is 0.217 e. The number of benzene rings is 1. The van der Waals surface area contributed by atoms with E-state index in [1.807, 2.05) is 28.9 Å². The molecule has 0 spiro atoms. The Labute approximate surface area is 153 Å². The molecule has 1 aliphatic heterocycles.